The van der Waals surface area contributed by atoms with Crippen LogP contribution in [-0.4, -0.2) is 94.8 Å². The molecule has 3 heterocycles. The average Bonchev–Trinajstić information content (AvgIpc) is 3.83. The summed E-state index contributed by atoms with van der Waals surface area (Å²) in [4.78, 5) is 58.7. The molecule has 1 aromatic heterocycles. The number of azide groups is 1. The van der Waals surface area contributed by atoms with E-state index in [1.54, 1.807) is 20.8 Å². The van der Waals surface area contributed by atoms with Crippen molar-refractivity contribution in [1.29, 1.82) is 0 Å². The van der Waals surface area contributed by atoms with Crippen LogP contribution in [-0.2, 0) is 39.8 Å². The molecule has 0 spiro atoms. The molecule has 0 unspecified atom stereocenters. The van der Waals surface area contributed by atoms with E-state index in [4.69, 9.17) is 34.0 Å². The minimum Gasteiger partial charge on any atom is -0.458 e. The number of nitrogens with zero attached hydrogens (tertiary/aromatic N) is 5. The fourth-order valence-electron chi connectivity index (χ4n) is 7.72. The number of aromatic nitrogens is 2. The van der Waals surface area contributed by atoms with Crippen LogP contribution in [0, 0.1) is 0 Å². The summed E-state index contributed by atoms with van der Waals surface area (Å²) < 4.78 is 38.6. The first-order chi connectivity index (χ1) is 27.4. The van der Waals surface area contributed by atoms with Crippen LogP contribution in [0.15, 0.2) is 75.5 Å². The number of aromatic amines is 1. The van der Waals surface area contributed by atoms with Crippen molar-refractivity contribution in [1.82, 2.24) is 14.5 Å². The van der Waals surface area contributed by atoms with Gasteiger partial charge in [-0.05, 0) is 80.7 Å². The van der Waals surface area contributed by atoms with Crippen LogP contribution in [0.25, 0.3) is 21.6 Å². The number of amides is 1. The third-order valence-electron chi connectivity index (χ3n) is 10.6. The van der Waals surface area contributed by atoms with Crippen LogP contribution in [0.1, 0.15) is 83.8 Å². The third kappa shape index (κ3) is 9.59. The molecule has 16 heteroatoms. The van der Waals surface area contributed by atoms with Crippen molar-refractivity contribution in [2.24, 2.45) is 5.11 Å². The summed E-state index contributed by atoms with van der Waals surface area (Å²) in [6, 6.07) is 16.1. The van der Waals surface area contributed by atoms with E-state index in [0.717, 1.165) is 22.3 Å². The van der Waals surface area contributed by atoms with Gasteiger partial charge in [-0.2, -0.15) is 0 Å². The van der Waals surface area contributed by atoms with Crippen molar-refractivity contribution in [2.75, 3.05) is 26.3 Å². The molecule has 6 rings (SSSR count). The molecule has 2 fully saturated rings. The van der Waals surface area contributed by atoms with E-state index in [-0.39, 0.29) is 32.2 Å². The molecule has 0 saturated carbocycles. The van der Waals surface area contributed by atoms with Crippen molar-refractivity contribution >= 4 is 12.1 Å². The van der Waals surface area contributed by atoms with E-state index >= 15 is 0 Å². The Hall–Kier alpha value is -4.99. The highest BCUT2D eigenvalue weighted by molar-refractivity contribution is 5.82. The first kappa shape index (κ1) is 41.6. The standard InChI is InChI=1S/C41H52N6O10/c1-6-41(7-2)55-34-32(23-43-45-42)54-37(35(34)56-41)52-25-31(36(49)57-40(3,4)5)47(21-14-8-13-20-46-22-19-33(48)44-38(46)50)39(51)53-24-30-28-17-11-9-15-26(28)27-16-10-12-18-29(27)30/h9-12,15-19,22,30-32,34-35,37H,6-8,13-14,20-21,23-25H2,1-5H3,(H,44,48,50)/t31-,32+,34+,35+,37+/m0/s1. The van der Waals surface area contributed by atoms with Crippen molar-refractivity contribution < 1.29 is 38.0 Å². The second-order valence-corrected chi connectivity index (χ2v) is 15.5. The molecule has 3 aromatic rings. The normalized spacial score (nSPS) is 21.2. The number of ether oxygens (including phenoxy) is 6. The molecule has 2 saturated heterocycles. The number of nitrogens with one attached hydrogen (secondary N) is 1. The number of fused-ring (bicyclic) bond motifs is 4. The average molecular weight is 789 g/mol. The zero-order valence-electron chi connectivity index (χ0n) is 33.1. The van der Waals surface area contributed by atoms with Gasteiger partial charge in [-0.1, -0.05) is 67.5 Å². The van der Waals surface area contributed by atoms with Crippen LogP contribution >= 0.6 is 0 Å². The topological polar surface area (TPSA) is 196 Å². The second kappa shape index (κ2) is 18.1. The summed E-state index contributed by atoms with van der Waals surface area (Å²) in [5.41, 5.74) is 11.4. The number of hydrogen-bond donors (Lipinski definition) is 1. The maximum absolute atomic E-state index is 14.3. The number of hydrogen-bond acceptors (Lipinski definition) is 11. The molecule has 2 aromatic carbocycles. The molecule has 2 aliphatic heterocycles. The molecule has 16 nitrogen and oxygen atoms in total. The summed E-state index contributed by atoms with van der Waals surface area (Å²) in [5, 5.41) is 3.71. The molecule has 0 bridgehead atoms. The minimum absolute atomic E-state index is 0.0169. The summed E-state index contributed by atoms with van der Waals surface area (Å²) >= 11 is 0. The van der Waals surface area contributed by atoms with E-state index in [0.29, 0.717) is 38.6 Å². The zero-order valence-corrected chi connectivity index (χ0v) is 33.1. The Morgan fingerprint density at radius 1 is 0.982 bits per heavy atom. The fourth-order valence-corrected chi connectivity index (χ4v) is 7.72. The number of H-pyrrole nitrogens is 1. The third-order valence-corrected chi connectivity index (χ3v) is 10.6. The molecule has 306 valence electrons. The van der Waals surface area contributed by atoms with E-state index in [2.05, 4.69) is 27.1 Å². The van der Waals surface area contributed by atoms with Gasteiger partial charge in [-0.3, -0.25) is 14.7 Å². The van der Waals surface area contributed by atoms with Crippen LogP contribution in [0.4, 0.5) is 4.79 Å². The summed E-state index contributed by atoms with van der Waals surface area (Å²) in [6.45, 7) is 9.24. The lowest BCUT2D eigenvalue weighted by molar-refractivity contribution is -0.249. The summed E-state index contributed by atoms with van der Waals surface area (Å²) in [6.07, 6.45) is 0.435. The molecular weight excluding hydrogens is 736 g/mol. The highest BCUT2D eigenvalue weighted by atomic mass is 16.8. The Balaban J connectivity index is 1.23. The van der Waals surface area contributed by atoms with E-state index in [1.165, 1.54) is 21.7 Å². The number of esters is 1. The number of carbonyl (C=O) groups excluding carboxylic acids is 2. The molecule has 1 N–H and O–H groups in total. The SMILES string of the molecule is CCC1(CC)O[C@H]2[C@H](OC[C@@H](C(=O)OC(C)(C)C)N(CCCCCn3ccc(=O)[nH]c3=O)C(=O)OCC3c4ccccc4-c4ccccc43)O[C@H](CN=[N+]=[N-])[C@H]2O1. The zero-order chi connectivity index (χ0) is 40.7. The monoisotopic (exact) mass is 788 g/mol. The fraction of sp³-hybridized carbons (Fsp3) is 0.561. The lowest BCUT2D eigenvalue weighted by Crippen LogP contribution is -2.51. The molecule has 1 aliphatic carbocycles. The number of benzene rings is 2. The Morgan fingerprint density at radius 3 is 2.28 bits per heavy atom. The van der Waals surface area contributed by atoms with Crippen molar-refractivity contribution in [3.05, 3.63) is 103 Å². The Labute approximate surface area is 331 Å². The highest BCUT2D eigenvalue weighted by Gasteiger charge is 2.57. The van der Waals surface area contributed by atoms with Gasteiger partial charge in [-0.25, -0.2) is 14.4 Å². The first-order valence-corrected chi connectivity index (χ1v) is 19.6. The number of aryl methyl sites for hydroxylation is 1. The van der Waals surface area contributed by atoms with Gasteiger partial charge in [0, 0.05) is 36.2 Å². The number of carbonyl (C=O) groups is 2. The summed E-state index contributed by atoms with van der Waals surface area (Å²) in [5.74, 6) is -1.80. The van der Waals surface area contributed by atoms with Gasteiger partial charge in [-0.15, -0.1) is 0 Å². The van der Waals surface area contributed by atoms with Gasteiger partial charge in [0.2, 0.25) is 0 Å². The smallest absolute Gasteiger partial charge is 0.410 e. The van der Waals surface area contributed by atoms with E-state index < -0.39 is 65.3 Å². The second-order valence-electron chi connectivity index (χ2n) is 15.5. The first-order valence-electron chi connectivity index (χ1n) is 19.6. The molecule has 1 amide bonds. The quantitative estimate of drug-likeness (QED) is 0.0555. The van der Waals surface area contributed by atoms with Crippen LogP contribution in [0.3, 0.4) is 0 Å². The maximum atomic E-state index is 14.3. The van der Waals surface area contributed by atoms with Crippen molar-refractivity contribution in [2.45, 2.75) is 121 Å². The van der Waals surface area contributed by atoms with Crippen molar-refractivity contribution in [3.63, 3.8) is 0 Å². The Morgan fingerprint density at radius 2 is 1.65 bits per heavy atom. The molecule has 0 radical (unpaired) electrons. The maximum Gasteiger partial charge on any atom is 0.410 e. The van der Waals surface area contributed by atoms with Gasteiger partial charge >= 0.3 is 17.8 Å². The number of unbranched alkanes of at least 4 members (excludes halogenated alkanes) is 2. The minimum atomic E-state index is -1.26. The Kier molecular flexibility index (Phi) is 13.2. The predicted octanol–water partition coefficient (Wildman–Crippen LogP) is 6.02. The lowest BCUT2D eigenvalue weighted by atomic mass is 9.98. The van der Waals surface area contributed by atoms with E-state index in [1.807, 2.05) is 50.2 Å². The predicted molar refractivity (Wildman–Crippen MR) is 208 cm³/mol. The highest BCUT2D eigenvalue weighted by Crippen LogP contribution is 2.45. The molecule has 5 atom stereocenters. The van der Waals surface area contributed by atoms with Gasteiger partial charge in [0.05, 0.1) is 19.3 Å². The van der Waals surface area contributed by atoms with Gasteiger partial charge in [0.15, 0.2) is 18.1 Å². The lowest BCUT2D eigenvalue weighted by Gasteiger charge is -2.33. The number of rotatable bonds is 17. The largest absolute Gasteiger partial charge is 0.458 e. The molecular formula is C41H52N6O10. The Bertz CT molecular complexity index is 2010. The molecule has 57 heavy (non-hydrogen) atoms. The van der Waals surface area contributed by atoms with Gasteiger partial charge in [0.25, 0.3) is 5.56 Å². The van der Waals surface area contributed by atoms with E-state index in [9.17, 15) is 19.2 Å². The van der Waals surface area contributed by atoms with Crippen LogP contribution in [0.2, 0.25) is 0 Å². The van der Waals surface area contributed by atoms with Crippen molar-refractivity contribution in [3.8, 4) is 11.1 Å². The van der Waals surface area contributed by atoms with Crippen LogP contribution in [0.5, 0.6) is 0 Å². The van der Waals surface area contributed by atoms with Gasteiger partial charge < -0.3 is 33.0 Å². The van der Waals surface area contributed by atoms with Crippen LogP contribution < -0.4 is 11.2 Å². The summed E-state index contributed by atoms with van der Waals surface area (Å²) in [7, 11) is 0. The van der Waals surface area contributed by atoms with Gasteiger partial charge in [0.1, 0.15) is 24.4 Å². The molecule has 3 aliphatic rings.